The van der Waals surface area contributed by atoms with E-state index in [4.69, 9.17) is 0 Å². The number of phenolic OH excluding ortho intramolecular Hbond substituents is 1. The molecule has 3 rings (SSSR count). The molecule has 0 spiro atoms. The first-order chi connectivity index (χ1) is 12.7. The van der Waals surface area contributed by atoms with Crippen LogP contribution >= 0.6 is 0 Å². The number of alkyl halides is 3. The van der Waals surface area contributed by atoms with E-state index in [1.165, 1.54) is 12.5 Å². The lowest BCUT2D eigenvalue weighted by Crippen LogP contribution is -2.33. The molecule has 1 aromatic carbocycles. The van der Waals surface area contributed by atoms with Crippen LogP contribution in [0.5, 0.6) is 5.75 Å². The maximum Gasteiger partial charge on any atom is 0.416 e. The van der Waals surface area contributed by atoms with Gasteiger partial charge in [0.05, 0.1) is 17.0 Å². The Morgan fingerprint density at radius 2 is 1.93 bits per heavy atom. The van der Waals surface area contributed by atoms with Crippen LogP contribution in [-0.4, -0.2) is 40.3 Å². The Balaban J connectivity index is 1.89. The molecule has 1 unspecified atom stereocenters. The molecule has 2 aromatic rings. The lowest BCUT2D eigenvalue weighted by Gasteiger charge is -2.29. The van der Waals surface area contributed by atoms with Crippen molar-refractivity contribution in [3.05, 3.63) is 40.6 Å². The molecule has 2 heterocycles. The number of aromatic hydroxyl groups is 1. The molecule has 27 heavy (non-hydrogen) atoms. The normalized spacial score (nSPS) is 18.7. The summed E-state index contributed by atoms with van der Waals surface area (Å²) < 4.78 is 38.4. The summed E-state index contributed by atoms with van der Waals surface area (Å²) in [6, 6.07) is 2.94. The van der Waals surface area contributed by atoms with Crippen LogP contribution in [0.25, 0.3) is 11.3 Å². The maximum atomic E-state index is 12.8. The molecular weight excluding hydrogens is 355 g/mol. The largest absolute Gasteiger partial charge is 0.507 e. The summed E-state index contributed by atoms with van der Waals surface area (Å²) in [6.45, 7) is 5.97. The van der Waals surface area contributed by atoms with Crippen LogP contribution in [0.1, 0.15) is 35.2 Å². The Bertz CT molecular complexity index is 836. The van der Waals surface area contributed by atoms with Crippen molar-refractivity contribution in [1.29, 1.82) is 0 Å². The number of benzene rings is 1. The first kappa shape index (κ1) is 19.6. The van der Waals surface area contributed by atoms with Gasteiger partial charge in [-0.1, -0.05) is 0 Å². The monoisotopic (exact) mass is 379 g/mol. The maximum absolute atomic E-state index is 12.8. The minimum absolute atomic E-state index is 0.264. The van der Waals surface area contributed by atoms with Crippen molar-refractivity contribution < 1.29 is 18.3 Å². The third kappa shape index (κ3) is 4.24. The molecule has 0 radical (unpaired) electrons. The molecule has 1 atom stereocenters. The SMILES string of the molecule is Cc1c(CC2CCCN(C)C2)nnc(-c2ccc(C(F)(F)F)cc2O)c1C. The molecule has 1 aromatic heterocycles. The van der Waals surface area contributed by atoms with Crippen molar-refractivity contribution in [1.82, 2.24) is 15.1 Å². The minimum atomic E-state index is -4.50. The van der Waals surface area contributed by atoms with Gasteiger partial charge in [0.25, 0.3) is 0 Å². The van der Waals surface area contributed by atoms with Crippen molar-refractivity contribution in [3.63, 3.8) is 0 Å². The summed E-state index contributed by atoms with van der Waals surface area (Å²) in [7, 11) is 2.12. The van der Waals surface area contributed by atoms with Crippen LogP contribution in [-0.2, 0) is 12.6 Å². The summed E-state index contributed by atoms with van der Waals surface area (Å²) in [5.74, 6) is 0.0877. The Kier molecular flexibility index (Phi) is 5.42. The zero-order chi connectivity index (χ0) is 19.8. The van der Waals surface area contributed by atoms with Gasteiger partial charge in [-0.25, -0.2) is 0 Å². The number of hydrogen-bond acceptors (Lipinski definition) is 4. The van der Waals surface area contributed by atoms with Gasteiger partial charge >= 0.3 is 6.18 Å². The van der Waals surface area contributed by atoms with Crippen molar-refractivity contribution in [2.45, 2.75) is 39.3 Å². The minimum Gasteiger partial charge on any atom is -0.507 e. The Labute approximate surface area is 157 Å². The number of phenols is 1. The quantitative estimate of drug-likeness (QED) is 0.860. The van der Waals surface area contributed by atoms with Crippen molar-refractivity contribution in [2.75, 3.05) is 20.1 Å². The van der Waals surface area contributed by atoms with E-state index >= 15 is 0 Å². The molecule has 0 aliphatic carbocycles. The second kappa shape index (κ2) is 7.46. The highest BCUT2D eigenvalue weighted by molar-refractivity contribution is 5.70. The van der Waals surface area contributed by atoms with Gasteiger partial charge < -0.3 is 10.0 Å². The molecule has 1 aliphatic rings. The van der Waals surface area contributed by atoms with Crippen LogP contribution < -0.4 is 0 Å². The highest BCUT2D eigenvalue weighted by Gasteiger charge is 2.31. The molecule has 1 fully saturated rings. The number of halogens is 3. The molecule has 1 N–H and O–H groups in total. The average molecular weight is 379 g/mol. The van der Waals surface area contributed by atoms with E-state index in [0.29, 0.717) is 11.6 Å². The van der Waals surface area contributed by atoms with Crippen LogP contribution in [0.3, 0.4) is 0 Å². The summed E-state index contributed by atoms with van der Waals surface area (Å²) in [4.78, 5) is 2.32. The molecule has 1 saturated heterocycles. The van der Waals surface area contributed by atoms with Crippen LogP contribution in [0.15, 0.2) is 18.2 Å². The molecule has 4 nitrogen and oxygen atoms in total. The molecule has 1 aliphatic heterocycles. The van der Waals surface area contributed by atoms with E-state index in [1.807, 2.05) is 13.8 Å². The first-order valence-corrected chi connectivity index (χ1v) is 9.08. The molecule has 146 valence electrons. The lowest BCUT2D eigenvalue weighted by atomic mass is 9.91. The number of likely N-dealkylation sites (tertiary alicyclic amines) is 1. The van der Waals surface area contributed by atoms with Gasteiger partial charge in [-0.2, -0.15) is 18.3 Å². The van der Waals surface area contributed by atoms with Gasteiger partial charge in [0.1, 0.15) is 5.75 Å². The van der Waals surface area contributed by atoms with Crippen molar-refractivity contribution in [3.8, 4) is 17.0 Å². The van der Waals surface area contributed by atoms with Gasteiger partial charge in [0.2, 0.25) is 0 Å². The summed E-state index contributed by atoms with van der Waals surface area (Å²) in [5, 5.41) is 18.7. The standard InChI is InChI=1S/C20H24F3N3O/c1-12-13(2)19(16-7-6-15(10-18(16)27)20(21,22)23)25-24-17(12)9-14-5-4-8-26(3)11-14/h6-7,10,14,27H,4-5,8-9,11H2,1-3H3. The van der Waals surface area contributed by atoms with Gasteiger partial charge in [-0.05, 0) is 81.9 Å². The number of piperidine rings is 1. The zero-order valence-corrected chi connectivity index (χ0v) is 15.8. The highest BCUT2D eigenvalue weighted by Crippen LogP contribution is 2.37. The fourth-order valence-corrected chi connectivity index (χ4v) is 3.73. The second-order valence-corrected chi connectivity index (χ2v) is 7.45. The van der Waals surface area contributed by atoms with E-state index < -0.39 is 17.5 Å². The molecule has 7 heteroatoms. The lowest BCUT2D eigenvalue weighted by molar-refractivity contribution is -0.137. The van der Waals surface area contributed by atoms with E-state index in [1.54, 1.807) is 0 Å². The summed E-state index contributed by atoms with van der Waals surface area (Å²) in [5.41, 5.74) is 2.53. The van der Waals surface area contributed by atoms with Crippen LogP contribution in [0.2, 0.25) is 0 Å². The van der Waals surface area contributed by atoms with Gasteiger partial charge in [0.15, 0.2) is 0 Å². The van der Waals surface area contributed by atoms with Gasteiger partial charge in [0, 0.05) is 12.1 Å². The Morgan fingerprint density at radius 3 is 2.56 bits per heavy atom. The van der Waals surface area contributed by atoms with Crippen LogP contribution in [0, 0.1) is 19.8 Å². The summed E-state index contributed by atoms with van der Waals surface area (Å²) in [6.07, 6.45) is -1.33. The zero-order valence-electron chi connectivity index (χ0n) is 15.8. The number of hydrogen-bond donors (Lipinski definition) is 1. The van der Waals surface area contributed by atoms with Gasteiger partial charge in [-0.15, -0.1) is 5.10 Å². The van der Waals surface area contributed by atoms with Crippen molar-refractivity contribution >= 4 is 0 Å². The van der Waals surface area contributed by atoms with E-state index in [9.17, 15) is 18.3 Å². The van der Waals surface area contributed by atoms with E-state index in [-0.39, 0.29) is 5.56 Å². The topological polar surface area (TPSA) is 49.2 Å². The fraction of sp³-hybridized carbons (Fsp3) is 0.500. The number of nitrogens with zero attached hydrogens (tertiary/aromatic N) is 3. The first-order valence-electron chi connectivity index (χ1n) is 9.08. The average Bonchev–Trinajstić information content (AvgIpc) is 2.59. The van der Waals surface area contributed by atoms with Crippen LogP contribution in [0.4, 0.5) is 13.2 Å². The second-order valence-electron chi connectivity index (χ2n) is 7.45. The van der Waals surface area contributed by atoms with E-state index in [0.717, 1.165) is 54.9 Å². The predicted molar refractivity (Wildman–Crippen MR) is 97.5 cm³/mol. The molecule has 0 bridgehead atoms. The van der Waals surface area contributed by atoms with Crippen molar-refractivity contribution in [2.24, 2.45) is 5.92 Å². The number of rotatable bonds is 3. The molecular formula is C20H24F3N3O. The Morgan fingerprint density at radius 1 is 1.19 bits per heavy atom. The molecule has 0 amide bonds. The van der Waals surface area contributed by atoms with Gasteiger partial charge in [-0.3, -0.25) is 0 Å². The fourth-order valence-electron chi connectivity index (χ4n) is 3.73. The highest BCUT2D eigenvalue weighted by atomic mass is 19.4. The summed E-state index contributed by atoms with van der Waals surface area (Å²) >= 11 is 0. The third-order valence-corrected chi connectivity index (χ3v) is 5.41. The predicted octanol–water partition coefficient (Wildman–Crippen LogP) is 4.37. The third-order valence-electron chi connectivity index (χ3n) is 5.41. The number of aromatic nitrogens is 2. The molecule has 0 saturated carbocycles. The smallest absolute Gasteiger partial charge is 0.416 e. The van der Waals surface area contributed by atoms with E-state index in [2.05, 4.69) is 22.1 Å². The Hall–Kier alpha value is -2.15.